The van der Waals surface area contributed by atoms with Crippen molar-refractivity contribution in [2.45, 2.75) is 0 Å². The Hall–Kier alpha value is -6.36. The van der Waals surface area contributed by atoms with Gasteiger partial charge in [0.25, 0.3) is 0 Å². The van der Waals surface area contributed by atoms with Gasteiger partial charge in [0.2, 0.25) is 0 Å². The Morgan fingerprint density at radius 2 is 1.18 bits per heavy atom. The highest BCUT2D eigenvalue weighted by atomic mass is 32.1. The number of fused-ring (bicyclic) bond motifs is 10. The maximum atomic E-state index is 6.72. The minimum absolute atomic E-state index is 0.873. The molecule has 11 aromatic rings. The van der Waals surface area contributed by atoms with Crippen molar-refractivity contribution >= 4 is 103 Å². The van der Waals surface area contributed by atoms with Gasteiger partial charge in [-0.3, -0.25) is 0 Å². The van der Waals surface area contributed by atoms with E-state index >= 15 is 0 Å². The van der Waals surface area contributed by atoms with E-state index in [0.717, 1.165) is 50.2 Å². The molecule has 3 aromatic heterocycles. The maximum absolute atomic E-state index is 6.72. The van der Waals surface area contributed by atoms with Crippen LogP contribution in [-0.4, -0.2) is 4.57 Å². The largest absolute Gasteiger partial charge is 0.454 e. The second kappa shape index (κ2) is 10.6. The lowest BCUT2D eigenvalue weighted by Gasteiger charge is -2.27. The molecule has 11 rings (SSSR count). The van der Waals surface area contributed by atoms with Crippen LogP contribution in [0.4, 0.5) is 17.1 Å². The summed E-state index contributed by atoms with van der Waals surface area (Å²) in [5.41, 5.74) is 8.42. The first kappa shape index (κ1) is 27.6. The normalized spacial score (nSPS) is 12.0. The number of nitrogens with zero attached hydrogens (tertiary/aromatic N) is 2. The molecule has 0 atom stereocenters. The summed E-state index contributed by atoms with van der Waals surface area (Å²) in [5, 5.41) is 9.69. The Morgan fingerprint density at radius 1 is 0.460 bits per heavy atom. The topological polar surface area (TPSA) is 21.3 Å². The number of hydrogen-bond donors (Lipinski definition) is 0. The molecule has 0 N–H and O–H groups in total. The Morgan fingerprint density at radius 3 is 2.10 bits per heavy atom. The van der Waals surface area contributed by atoms with Crippen molar-refractivity contribution < 1.29 is 4.42 Å². The van der Waals surface area contributed by atoms with Gasteiger partial charge in [0.05, 0.1) is 22.4 Å². The lowest BCUT2D eigenvalue weighted by molar-refractivity contribution is 0.669. The molecule has 3 nitrogen and oxygen atoms in total. The second-order valence-corrected chi connectivity index (χ2v) is 14.0. The summed E-state index contributed by atoms with van der Waals surface area (Å²) in [4.78, 5) is 2.41. The van der Waals surface area contributed by atoms with E-state index in [9.17, 15) is 0 Å². The van der Waals surface area contributed by atoms with E-state index in [4.69, 9.17) is 4.42 Å². The average molecular weight is 657 g/mol. The van der Waals surface area contributed by atoms with E-state index < -0.39 is 0 Å². The number of para-hydroxylation sites is 4. The quantitative estimate of drug-likeness (QED) is 0.188. The summed E-state index contributed by atoms with van der Waals surface area (Å²) in [5.74, 6) is 0. The zero-order valence-corrected chi connectivity index (χ0v) is 27.7. The van der Waals surface area contributed by atoms with Crippen LogP contribution in [0, 0.1) is 0 Å². The van der Waals surface area contributed by atoms with E-state index in [1.54, 1.807) is 0 Å². The SMILES string of the molecule is c1ccc(-n2c3ccccc3c3c(N(c4ccc5cc6c(cc5c4)sc4ccccc46)c4cccc5c4oc4ccccc45)cccc32)cc1. The van der Waals surface area contributed by atoms with Crippen molar-refractivity contribution in [1.82, 2.24) is 4.57 Å². The third-order valence-corrected chi connectivity index (χ3v) is 11.3. The van der Waals surface area contributed by atoms with Crippen LogP contribution < -0.4 is 4.90 Å². The molecule has 0 bridgehead atoms. The Labute approximate surface area is 291 Å². The highest BCUT2D eigenvalue weighted by Gasteiger charge is 2.24. The van der Waals surface area contributed by atoms with Crippen LogP contribution in [0.15, 0.2) is 174 Å². The second-order valence-electron chi connectivity index (χ2n) is 12.9. The molecule has 0 aliphatic carbocycles. The fraction of sp³-hybridized carbons (Fsp3) is 0. The average Bonchev–Trinajstić information content (AvgIpc) is 3.84. The monoisotopic (exact) mass is 656 g/mol. The van der Waals surface area contributed by atoms with Gasteiger partial charge < -0.3 is 13.9 Å². The highest BCUT2D eigenvalue weighted by Crippen LogP contribution is 2.47. The van der Waals surface area contributed by atoms with Crippen LogP contribution in [0.2, 0.25) is 0 Å². The van der Waals surface area contributed by atoms with E-state index in [0.29, 0.717) is 0 Å². The predicted molar refractivity (Wildman–Crippen MR) is 213 cm³/mol. The number of aromatic nitrogens is 1. The van der Waals surface area contributed by atoms with E-state index in [1.807, 2.05) is 17.4 Å². The van der Waals surface area contributed by atoms with Crippen molar-refractivity contribution in [2.24, 2.45) is 0 Å². The molecule has 0 saturated carbocycles. The number of hydrogen-bond acceptors (Lipinski definition) is 3. The van der Waals surface area contributed by atoms with Gasteiger partial charge >= 0.3 is 0 Å². The predicted octanol–water partition coefficient (Wildman–Crippen LogP) is 13.7. The molecule has 0 radical (unpaired) electrons. The zero-order chi connectivity index (χ0) is 32.8. The number of furan rings is 1. The fourth-order valence-corrected chi connectivity index (χ4v) is 9.09. The first-order chi connectivity index (χ1) is 24.8. The third-order valence-electron chi connectivity index (χ3n) is 10.1. The first-order valence-electron chi connectivity index (χ1n) is 16.9. The summed E-state index contributed by atoms with van der Waals surface area (Å²) < 4.78 is 11.7. The van der Waals surface area contributed by atoms with Gasteiger partial charge in [0, 0.05) is 53.1 Å². The van der Waals surface area contributed by atoms with Gasteiger partial charge in [0.15, 0.2) is 5.58 Å². The molecule has 0 aliphatic rings. The van der Waals surface area contributed by atoms with E-state index in [-0.39, 0.29) is 0 Å². The summed E-state index contributed by atoms with van der Waals surface area (Å²) in [6.07, 6.45) is 0. The van der Waals surface area contributed by atoms with Crippen LogP contribution in [-0.2, 0) is 0 Å². The fourth-order valence-electron chi connectivity index (χ4n) is 7.95. The first-order valence-corrected chi connectivity index (χ1v) is 17.7. The van der Waals surface area contributed by atoms with Gasteiger partial charge in [-0.1, -0.05) is 97.1 Å². The van der Waals surface area contributed by atoms with Crippen LogP contribution in [0.1, 0.15) is 0 Å². The summed E-state index contributed by atoms with van der Waals surface area (Å²) in [6.45, 7) is 0. The number of anilines is 3. The van der Waals surface area contributed by atoms with E-state index in [1.165, 1.54) is 47.2 Å². The molecular formula is C46H28N2OS. The molecular weight excluding hydrogens is 629 g/mol. The smallest absolute Gasteiger partial charge is 0.159 e. The van der Waals surface area contributed by atoms with Gasteiger partial charge in [-0.2, -0.15) is 0 Å². The molecule has 0 saturated heterocycles. The standard InChI is InChI=1S/C46H28N2OS/c1-2-12-31(13-3-1)47-38-18-7-4-16-36(38)45-39(47)19-11-20-40(45)48(41-21-10-17-35-33-14-5-8-22-42(33)49-46(35)41)32-25-24-29-27-37-34-15-6-9-23-43(34)50-44(37)28-30(29)26-32/h1-28H. The molecule has 0 aliphatic heterocycles. The maximum Gasteiger partial charge on any atom is 0.159 e. The van der Waals surface area contributed by atoms with Crippen LogP contribution in [0.5, 0.6) is 0 Å². The summed E-state index contributed by atoms with van der Waals surface area (Å²) >= 11 is 1.86. The van der Waals surface area contributed by atoms with Gasteiger partial charge in [-0.15, -0.1) is 11.3 Å². The molecule has 234 valence electrons. The lowest BCUT2D eigenvalue weighted by Crippen LogP contribution is -2.10. The van der Waals surface area contributed by atoms with Crippen molar-refractivity contribution in [3.8, 4) is 5.69 Å². The van der Waals surface area contributed by atoms with Crippen LogP contribution >= 0.6 is 11.3 Å². The van der Waals surface area contributed by atoms with Crippen LogP contribution in [0.3, 0.4) is 0 Å². The number of benzene rings is 8. The molecule has 0 unspecified atom stereocenters. The molecule has 0 fully saturated rings. The minimum Gasteiger partial charge on any atom is -0.454 e. The van der Waals surface area contributed by atoms with Crippen molar-refractivity contribution in [3.05, 3.63) is 170 Å². The van der Waals surface area contributed by atoms with Gasteiger partial charge in [-0.25, -0.2) is 0 Å². The number of rotatable bonds is 4. The molecule has 4 heteroatoms. The van der Waals surface area contributed by atoms with Crippen molar-refractivity contribution in [3.63, 3.8) is 0 Å². The molecule has 8 aromatic carbocycles. The third kappa shape index (κ3) is 3.97. The molecule has 3 heterocycles. The highest BCUT2D eigenvalue weighted by molar-refractivity contribution is 7.25. The molecule has 0 amide bonds. The van der Waals surface area contributed by atoms with Crippen LogP contribution in [0.25, 0.3) is 80.4 Å². The Kier molecular flexibility index (Phi) is 5.83. The summed E-state index contributed by atoms with van der Waals surface area (Å²) in [6, 6.07) is 61.2. The summed E-state index contributed by atoms with van der Waals surface area (Å²) in [7, 11) is 0. The minimum atomic E-state index is 0.873. The Bertz CT molecular complexity index is 3110. The molecule has 50 heavy (non-hydrogen) atoms. The number of thiophene rings is 1. The van der Waals surface area contributed by atoms with Crippen molar-refractivity contribution in [2.75, 3.05) is 4.90 Å². The van der Waals surface area contributed by atoms with Gasteiger partial charge in [-0.05, 0) is 83.6 Å². The molecule has 0 spiro atoms. The zero-order valence-electron chi connectivity index (χ0n) is 26.9. The Balaban J connectivity index is 1.24. The van der Waals surface area contributed by atoms with Crippen molar-refractivity contribution in [1.29, 1.82) is 0 Å². The lowest BCUT2D eigenvalue weighted by atomic mass is 10.0. The van der Waals surface area contributed by atoms with E-state index in [2.05, 4.69) is 173 Å². The van der Waals surface area contributed by atoms with Gasteiger partial charge in [0.1, 0.15) is 5.58 Å².